The zero-order valence-electron chi connectivity index (χ0n) is 6.47. The van der Waals surface area contributed by atoms with Gasteiger partial charge in [-0.2, -0.15) is 13.2 Å². The summed E-state index contributed by atoms with van der Waals surface area (Å²) in [7, 11) is 0. The lowest BCUT2D eigenvalue weighted by Crippen LogP contribution is -2.05. The van der Waals surface area contributed by atoms with Crippen molar-refractivity contribution in [1.82, 2.24) is 0 Å². The largest absolute Gasteiger partial charge is 0.416 e. The standard InChI is InChI=1S/C8H7F3OS/c9-8(10,11)6-2-1-5(4-12)7(13)3-6/h1-3,12-13H,4H2. The molecule has 1 N–H and O–H groups in total. The summed E-state index contributed by atoms with van der Waals surface area (Å²) in [5.74, 6) is 0. The van der Waals surface area contributed by atoms with Gasteiger partial charge in [0.25, 0.3) is 0 Å². The summed E-state index contributed by atoms with van der Waals surface area (Å²) in [5, 5.41) is 8.68. The van der Waals surface area contributed by atoms with Crippen LogP contribution in [0.3, 0.4) is 0 Å². The molecule has 0 heterocycles. The van der Waals surface area contributed by atoms with Crippen molar-refractivity contribution in [2.24, 2.45) is 0 Å². The highest BCUT2D eigenvalue weighted by Crippen LogP contribution is 2.31. The molecule has 0 atom stereocenters. The SMILES string of the molecule is OCc1ccc(C(F)(F)F)cc1S. The first-order valence-electron chi connectivity index (χ1n) is 3.45. The van der Waals surface area contributed by atoms with E-state index >= 15 is 0 Å². The average Bonchev–Trinajstić information content (AvgIpc) is 2.02. The molecule has 0 spiro atoms. The Labute approximate surface area is 78.6 Å². The van der Waals surface area contributed by atoms with E-state index in [-0.39, 0.29) is 11.5 Å². The second-order valence-corrected chi connectivity index (χ2v) is 2.98. The molecule has 1 aromatic carbocycles. The fourth-order valence-electron chi connectivity index (χ4n) is 0.874. The van der Waals surface area contributed by atoms with E-state index in [9.17, 15) is 13.2 Å². The summed E-state index contributed by atoms with van der Waals surface area (Å²) in [6, 6.07) is 3.03. The van der Waals surface area contributed by atoms with E-state index in [4.69, 9.17) is 5.11 Å². The van der Waals surface area contributed by atoms with Gasteiger partial charge in [0, 0.05) is 4.90 Å². The Morgan fingerprint density at radius 1 is 1.31 bits per heavy atom. The molecule has 0 fully saturated rings. The summed E-state index contributed by atoms with van der Waals surface area (Å²) >= 11 is 3.82. The van der Waals surface area contributed by atoms with E-state index in [2.05, 4.69) is 12.6 Å². The first-order valence-corrected chi connectivity index (χ1v) is 3.90. The lowest BCUT2D eigenvalue weighted by molar-refractivity contribution is -0.137. The lowest BCUT2D eigenvalue weighted by Gasteiger charge is -2.08. The van der Waals surface area contributed by atoms with Crippen LogP contribution >= 0.6 is 12.6 Å². The number of thiol groups is 1. The molecule has 0 aromatic heterocycles. The number of alkyl halides is 3. The van der Waals surface area contributed by atoms with Gasteiger partial charge in [0.2, 0.25) is 0 Å². The molecule has 0 radical (unpaired) electrons. The molecule has 72 valence electrons. The molecule has 0 bridgehead atoms. The molecular formula is C8H7F3OS. The van der Waals surface area contributed by atoms with Crippen LogP contribution in [0.1, 0.15) is 11.1 Å². The molecule has 0 aliphatic heterocycles. The quantitative estimate of drug-likeness (QED) is 0.679. The van der Waals surface area contributed by atoms with Crippen molar-refractivity contribution in [2.75, 3.05) is 0 Å². The summed E-state index contributed by atoms with van der Waals surface area (Å²) in [4.78, 5) is 0.150. The van der Waals surface area contributed by atoms with Gasteiger partial charge in [-0.3, -0.25) is 0 Å². The van der Waals surface area contributed by atoms with Gasteiger partial charge in [-0.1, -0.05) is 6.07 Å². The van der Waals surface area contributed by atoms with Gasteiger partial charge in [-0.05, 0) is 17.7 Å². The fraction of sp³-hybridized carbons (Fsp3) is 0.250. The molecular weight excluding hydrogens is 201 g/mol. The van der Waals surface area contributed by atoms with Gasteiger partial charge in [-0.15, -0.1) is 12.6 Å². The van der Waals surface area contributed by atoms with Gasteiger partial charge in [-0.25, -0.2) is 0 Å². The van der Waals surface area contributed by atoms with Crippen LogP contribution in [-0.2, 0) is 12.8 Å². The third kappa shape index (κ3) is 2.38. The summed E-state index contributed by atoms with van der Waals surface area (Å²) in [6.45, 7) is -0.309. The molecule has 5 heteroatoms. The molecule has 0 amide bonds. The Morgan fingerprint density at radius 3 is 2.31 bits per heavy atom. The predicted octanol–water partition coefficient (Wildman–Crippen LogP) is 2.49. The molecule has 0 aliphatic rings. The van der Waals surface area contributed by atoms with E-state index in [1.165, 1.54) is 6.07 Å². The molecule has 0 saturated carbocycles. The molecule has 1 rings (SSSR count). The number of aliphatic hydroxyl groups is 1. The normalized spacial score (nSPS) is 11.8. The summed E-state index contributed by atoms with van der Waals surface area (Å²) in [6.07, 6.45) is -4.36. The highest BCUT2D eigenvalue weighted by molar-refractivity contribution is 7.80. The van der Waals surface area contributed by atoms with Crippen LogP contribution < -0.4 is 0 Å². The van der Waals surface area contributed by atoms with Gasteiger partial charge in [0.15, 0.2) is 0 Å². The Kier molecular flexibility index (Phi) is 2.87. The third-order valence-corrected chi connectivity index (χ3v) is 2.00. The number of hydrogen-bond donors (Lipinski definition) is 2. The van der Waals surface area contributed by atoms with Crippen LogP contribution in [0.15, 0.2) is 23.1 Å². The van der Waals surface area contributed by atoms with E-state index in [0.717, 1.165) is 12.1 Å². The van der Waals surface area contributed by atoms with Gasteiger partial charge in [0.1, 0.15) is 0 Å². The fourth-order valence-corrected chi connectivity index (χ4v) is 1.16. The third-order valence-electron chi connectivity index (χ3n) is 1.58. The van der Waals surface area contributed by atoms with Gasteiger partial charge >= 0.3 is 6.18 Å². The number of benzene rings is 1. The van der Waals surface area contributed by atoms with E-state index in [1.54, 1.807) is 0 Å². The van der Waals surface area contributed by atoms with Crippen molar-refractivity contribution in [2.45, 2.75) is 17.7 Å². The zero-order valence-corrected chi connectivity index (χ0v) is 7.36. The van der Waals surface area contributed by atoms with Crippen LogP contribution in [0.5, 0.6) is 0 Å². The minimum absolute atomic E-state index is 0.150. The van der Waals surface area contributed by atoms with Crippen molar-refractivity contribution in [3.05, 3.63) is 29.3 Å². The minimum Gasteiger partial charge on any atom is -0.392 e. The topological polar surface area (TPSA) is 20.2 Å². The van der Waals surface area contributed by atoms with E-state index < -0.39 is 11.7 Å². The summed E-state index contributed by atoms with van der Waals surface area (Å²) < 4.78 is 36.3. The first-order chi connectivity index (χ1) is 5.95. The Bertz CT molecular complexity index is 309. The van der Waals surface area contributed by atoms with E-state index in [0.29, 0.717) is 5.56 Å². The molecule has 1 aromatic rings. The highest BCUT2D eigenvalue weighted by Gasteiger charge is 2.30. The van der Waals surface area contributed by atoms with Crippen LogP contribution in [0, 0.1) is 0 Å². The number of hydrogen-bond acceptors (Lipinski definition) is 2. The number of halogens is 3. The van der Waals surface area contributed by atoms with E-state index in [1.807, 2.05) is 0 Å². The lowest BCUT2D eigenvalue weighted by atomic mass is 10.1. The number of aliphatic hydroxyl groups excluding tert-OH is 1. The molecule has 0 saturated heterocycles. The monoisotopic (exact) mass is 208 g/mol. The first kappa shape index (κ1) is 10.4. The van der Waals surface area contributed by atoms with Crippen molar-refractivity contribution >= 4 is 12.6 Å². The Hall–Kier alpha value is -0.680. The van der Waals surface area contributed by atoms with Gasteiger partial charge in [0.05, 0.1) is 12.2 Å². The second-order valence-electron chi connectivity index (χ2n) is 2.50. The maximum atomic E-state index is 12.1. The smallest absolute Gasteiger partial charge is 0.392 e. The maximum absolute atomic E-state index is 12.1. The van der Waals surface area contributed by atoms with Gasteiger partial charge < -0.3 is 5.11 Å². The Morgan fingerprint density at radius 2 is 1.92 bits per heavy atom. The molecule has 1 nitrogen and oxygen atoms in total. The molecule has 0 unspecified atom stereocenters. The summed E-state index contributed by atoms with van der Waals surface area (Å²) in [5.41, 5.74) is -0.369. The van der Waals surface area contributed by atoms with Crippen molar-refractivity contribution < 1.29 is 18.3 Å². The van der Waals surface area contributed by atoms with Crippen LogP contribution in [0.2, 0.25) is 0 Å². The minimum atomic E-state index is -4.36. The van der Waals surface area contributed by atoms with Crippen molar-refractivity contribution in [1.29, 1.82) is 0 Å². The van der Waals surface area contributed by atoms with Crippen LogP contribution in [0.25, 0.3) is 0 Å². The van der Waals surface area contributed by atoms with Crippen LogP contribution in [0.4, 0.5) is 13.2 Å². The van der Waals surface area contributed by atoms with Crippen LogP contribution in [-0.4, -0.2) is 5.11 Å². The average molecular weight is 208 g/mol. The molecule has 13 heavy (non-hydrogen) atoms. The van der Waals surface area contributed by atoms with Crippen molar-refractivity contribution in [3.63, 3.8) is 0 Å². The second kappa shape index (κ2) is 3.59. The zero-order chi connectivity index (χ0) is 10.1. The predicted molar refractivity (Wildman–Crippen MR) is 44.6 cm³/mol. The number of rotatable bonds is 1. The Balaban J connectivity index is 3.10. The highest BCUT2D eigenvalue weighted by atomic mass is 32.1. The molecule has 0 aliphatic carbocycles. The van der Waals surface area contributed by atoms with Crippen molar-refractivity contribution in [3.8, 4) is 0 Å². The maximum Gasteiger partial charge on any atom is 0.416 e.